The predicted octanol–water partition coefficient (Wildman–Crippen LogP) is 0.594. The standard InChI is InChI=1S/C12H19N3O3S2/c1-20(17,18)15-6-4-14(5-7-15)12-13-11(9-2-3-9)10(8-16)19-12/h9,16H,2-8H2,1H3. The number of hydrogen-bond donors (Lipinski definition) is 1. The van der Waals surface area contributed by atoms with Crippen molar-refractivity contribution in [2.75, 3.05) is 37.3 Å². The first-order chi connectivity index (χ1) is 9.49. The molecule has 0 radical (unpaired) electrons. The Kier molecular flexibility index (Phi) is 3.74. The maximum atomic E-state index is 11.5. The van der Waals surface area contributed by atoms with Gasteiger partial charge in [0.2, 0.25) is 10.0 Å². The van der Waals surface area contributed by atoms with Crippen LogP contribution in [-0.4, -0.2) is 55.2 Å². The maximum absolute atomic E-state index is 11.5. The van der Waals surface area contributed by atoms with Crippen LogP contribution in [0.5, 0.6) is 0 Å². The highest BCUT2D eigenvalue weighted by atomic mass is 32.2. The van der Waals surface area contributed by atoms with Gasteiger partial charge in [-0.25, -0.2) is 13.4 Å². The van der Waals surface area contributed by atoms with Gasteiger partial charge in [0, 0.05) is 32.1 Å². The number of hydrogen-bond acceptors (Lipinski definition) is 6. The van der Waals surface area contributed by atoms with Crippen LogP contribution in [0.15, 0.2) is 0 Å². The van der Waals surface area contributed by atoms with Crippen molar-refractivity contribution < 1.29 is 13.5 Å². The molecular formula is C12H19N3O3S2. The summed E-state index contributed by atoms with van der Waals surface area (Å²) in [6.45, 7) is 2.38. The van der Waals surface area contributed by atoms with E-state index in [-0.39, 0.29) is 6.61 Å². The first-order valence-corrected chi connectivity index (χ1v) is 9.46. The normalized spacial score (nSPS) is 21.4. The number of thiazole rings is 1. The zero-order valence-electron chi connectivity index (χ0n) is 11.4. The number of nitrogens with zero attached hydrogens (tertiary/aromatic N) is 3. The molecule has 1 aromatic heterocycles. The summed E-state index contributed by atoms with van der Waals surface area (Å²) in [4.78, 5) is 7.76. The predicted molar refractivity (Wildman–Crippen MR) is 78.6 cm³/mol. The SMILES string of the molecule is CS(=O)(=O)N1CCN(c2nc(C3CC3)c(CO)s2)CC1. The number of aliphatic hydroxyl groups is 1. The topological polar surface area (TPSA) is 73.7 Å². The van der Waals surface area contributed by atoms with Gasteiger partial charge in [-0.15, -0.1) is 0 Å². The van der Waals surface area contributed by atoms with E-state index >= 15 is 0 Å². The van der Waals surface area contributed by atoms with E-state index in [1.807, 2.05) is 0 Å². The fraction of sp³-hybridized carbons (Fsp3) is 0.750. The summed E-state index contributed by atoms with van der Waals surface area (Å²) in [5.74, 6) is 0.527. The van der Waals surface area contributed by atoms with Crippen LogP contribution >= 0.6 is 11.3 Å². The van der Waals surface area contributed by atoms with Gasteiger partial charge < -0.3 is 10.0 Å². The zero-order valence-corrected chi connectivity index (χ0v) is 13.1. The second kappa shape index (κ2) is 5.25. The Hall–Kier alpha value is -0.700. The molecule has 0 aromatic carbocycles. The van der Waals surface area contributed by atoms with Gasteiger partial charge in [-0.1, -0.05) is 11.3 Å². The molecule has 1 saturated heterocycles. The Bertz CT molecular complexity index is 587. The third-order valence-electron chi connectivity index (χ3n) is 3.80. The van der Waals surface area contributed by atoms with Gasteiger partial charge in [-0.2, -0.15) is 4.31 Å². The molecule has 1 aromatic rings. The number of piperazine rings is 1. The van der Waals surface area contributed by atoms with Gasteiger partial charge in [0.25, 0.3) is 0 Å². The molecule has 1 aliphatic carbocycles. The van der Waals surface area contributed by atoms with Crippen molar-refractivity contribution in [3.05, 3.63) is 10.6 Å². The summed E-state index contributed by atoms with van der Waals surface area (Å²) in [6, 6.07) is 0. The van der Waals surface area contributed by atoms with Crippen LogP contribution in [0, 0.1) is 0 Å². The van der Waals surface area contributed by atoms with Crippen molar-refractivity contribution in [3.63, 3.8) is 0 Å². The molecule has 2 fully saturated rings. The number of sulfonamides is 1. The molecule has 8 heteroatoms. The number of aromatic nitrogens is 1. The summed E-state index contributed by atoms with van der Waals surface area (Å²) in [7, 11) is -3.09. The van der Waals surface area contributed by atoms with Crippen LogP contribution in [0.1, 0.15) is 29.3 Å². The molecule has 20 heavy (non-hydrogen) atoms. The maximum Gasteiger partial charge on any atom is 0.211 e. The second-order valence-electron chi connectivity index (χ2n) is 5.39. The van der Waals surface area contributed by atoms with Gasteiger partial charge in [-0.05, 0) is 12.8 Å². The minimum atomic E-state index is -3.09. The molecule has 1 N–H and O–H groups in total. The minimum Gasteiger partial charge on any atom is -0.391 e. The Labute approximate surface area is 123 Å². The minimum absolute atomic E-state index is 0.0484. The van der Waals surface area contributed by atoms with Crippen molar-refractivity contribution in [1.82, 2.24) is 9.29 Å². The van der Waals surface area contributed by atoms with E-state index in [0.29, 0.717) is 32.1 Å². The Morgan fingerprint density at radius 2 is 1.95 bits per heavy atom. The summed E-state index contributed by atoms with van der Waals surface area (Å²) >= 11 is 1.54. The van der Waals surface area contributed by atoms with Crippen LogP contribution in [0.4, 0.5) is 5.13 Å². The lowest BCUT2D eigenvalue weighted by Gasteiger charge is -2.32. The highest BCUT2D eigenvalue weighted by Gasteiger charge is 2.31. The zero-order chi connectivity index (χ0) is 14.3. The van der Waals surface area contributed by atoms with Gasteiger partial charge in [0.15, 0.2) is 5.13 Å². The van der Waals surface area contributed by atoms with Crippen molar-refractivity contribution in [3.8, 4) is 0 Å². The molecule has 0 amide bonds. The van der Waals surface area contributed by atoms with Crippen molar-refractivity contribution in [1.29, 1.82) is 0 Å². The molecule has 1 aliphatic heterocycles. The highest BCUT2D eigenvalue weighted by molar-refractivity contribution is 7.88. The van der Waals surface area contributed by atoms with E-state index in [9.17, 15) is 13.5 Å². The summed E-state index contributed by atoms with van der Waals surface area (Å²) in [5, 5.41) is 10.3. The van der Waals surface area contributed by atoms with Crippen LogP contribution in [0.3, 0.4) is 0 Å². The Balaban J connectivity index is 1.72. The van der Waals surface area contributed by atoms with E-state index in [1.54, 1.807) is 0 Å². The van der Waals surface area contributed by atoms with Crippen LogP contribution in [0.25, 0.3) is 0 Å². The van der Waals surface area contributed by atoms with Crippen molar-refractivity contribution in [2.24, 2.45) is 0 Å². The van der Waals surface area contributed by atoms with Gasteiger partial charge in [0.05, 0.1) is 23.4 Å². The first kappa shape index (κ1) is 14.2. The quantitative estimate of drug-likeness (QED) is 0.880. The number of aliphatic hydroxyl groups excluding tert-OH is 1. The molecule has 2 heterocycles. The van der Waals surface area contributed by atoms with E-state index in [4.69, 9.17) is 0 Å². The van der Waals surface area contributed by atoms with Gasteiger partial charge in [0.1, 0.15) is 0 Å². The number of rotatable bonds is 4. The molecule has 0 spiro atoms. The van der Waals surface area contributed by atoms with E-state index < -0.39 is 10.0 Å². The highest BCUT2D eigenvalue weighted by Crippen LogP contribution is 2.44. The molecule has 0 unspecified atom stereocenters. The van der Waals surface area contributed by atoms with Crippen molar-refractivity contribution >= 4 is 26.5 Å². The molecule has 6 nitrogen and oxygen atoms in total. The fourth-order valence-corrected chi connectivity index (χ4v) is 4.37. The third-order valence-corrected chi connectivity index (χ3v) is 6.22. The molecule has 3 rings (SSSR count). The lowest BCUT2D eigenvalue weighted by molar-refractivity contribution is 0.284. The monoisotopic (exact) mass is 317 g/mol. The molecule has 112 valence electrons. The largest absolute Gasteiger partial charge is 0.391 e. The van der Waals surface area contributed by atoms with Gasteiger partial charge >= 0.3 is 0 Å². The molecule has 1 saturated carbocycles. The van der Waals surface area contributed by atoms with Crippen LogP contribution in [0.2, 0.25) is 0 Å². The average molecular weight is 317 g/mol. The fourth-order valence-electron chi connectivity index (χ4n) is 2.49. The van der Waals surface area contributed by atoms with Crippen LogP contribution < -0.4 is 4.90 Å². The smallest absolute Gasteiger partial charge is 0.211 e. The third kappa shape index (κ3) is 2.83. The van der Waals surface area contributed by atoms with Crippen LogP contribution in [-0.2, 0) is 16.6 Å². The van der Waals surface area contributed by atoms with Gasteiger partial charge in [-0.3, -0.25) is 0 Å². The Morgan fingerprint density at radius 3 is 2.45 bits per heavy atom. The van der Waals surface area contributed by atoms with E-state index in [0.717, 1.165) is 28.5 Å². The first-order valence-electron chi connectivity index (χ1n) is 6.79. The molecule has 2 aliphatic rings. The summed E-state index contributed by atoms with van der Waals surface area (Å²) in [6.07, 6.45) is 3.58. The second-order valence-corrected chi connectivity index (χ2v) is 8.43. The lowest BCUT2D eigenvalue weighted by atomic mass is 10.2. The molecular weight excluding hydrogens is 298 g/mol. The summed E-state index contributed by atoms with van der Waals surface area (Å²) < 4.78 is 24.5. The molecule has 0 bridgehead atoms. The van der Waals surface area contributed by atoms with E-state index in [2.05, 4.69) is 9.88 Å². The molecule has 0 atom stereocenters. The van der Waals surface area contributed by atoms with E-state index in [1.165, 1.54) is 21.9 Å². The lowest BCUT2D eigenvalue weighted by Crippen LogP contribution is -2.48. The van der Waals surface area contributed by atoms with Crippen molar-refractivity contribution in [2.45, 2.75) is 25.4 Å². The number of anilines is 1. The average Bonchev–Trinajstić information content (AvgIpc) is 3.17. The Morgan fingerprint density at radius 1 is 1.30 bits per heavy atom. The summed E-state index contributed by atoms with van der Waals surface area (Å²) in [5.41, 5.74) is 1.05.